The Bertz CT molecular complexity index is 1230. The molecule has 0 amide bonds. The van der Waals surface area contributed by atoms with Crippen molar-refractivity contribution in [2.75, 3.05) is 26.2 Å². The molecule has 0 aliphatic heterocycles. The number of allylic oxidation sites excluding steroid dienone is 1. The molecule has 0 radical (unpaired) electrons. The number of nitrogens with zero attached hydrogens (tertiary/aromatic N) is 1. The maximum absolute atomic E-state index is 7.04. The summed E-state index contributed by atoms with van der Waals surface area (Å²) >= 11 is 7.04. The fraction of sp³-hybridized carbons (Fsp3) is 0.212. The van der Waals surface area contributed by atoms with Crippen LogP contribution in [0.2, 0.25) is 0 Å². The van der Waals surface area contributed by atoms with Crippen LogP contribution in [0.1, 0.15) is 30.5 Å². The van der Waals surface area contributed by atoms with Gasteiger partial charge < -0.3 is 9.64 Å². The summed E-state index contributed by atoms with van der Waals surface area (Å²) in [7, 11) is 0. The Morgan fingerprint density at radius 3 is 1.78 bits per heavy atom. The molecular weight excluding hydrogens is 462 g/mol. The molecule has 0 atom stereocenters. The second-order valence-electron chi connectivity index (χ2n) is 8.79. The Balaban J connectivity index is 1.61. The van der Waals surface area contributed by atoms with Gasteiger partial charge in [0.1, 0.15) is 12.4 Å². The van der Waals surface area contributed by atoms with Crippen LogP contribution in [0.5, 0.6) is 5.75 Å². The summed E-state index contributed by atoms with van der Waals surface area (Å²) < 4.78 is 6.01. The zero-order valence-electron chi connectivity index (χ0n) is 21.2. The molecule has 0 bridgehead atoms. The number of likely N-dealkylation sites (N-methyl/N-ethyl adjacent to an activating group) is 1. The summed E-state index contributed by atoms with van der Waals surface area (Å²) in [6.07, 6.45) is 0.681. The topological polar surface area (TPSA) is 12.5 Å². The van der Waals surface area contributed by atoms with E-state index in [1.54, 1.807) is 0 Å². The highest BCUT2D eigenvalue weighted by molar-refractivity contribution is 6.33. The Morgan fingerprint density at radius 2 is 1.19 bits per heavy atom. The first kappa shape index (κ1) is 25.8. The van der Waals surface area contributed by atoms with Crippen molar-refractivity contribution in [3.05, 3.63) is 131 Å². The minimum Gasteiger partial charge on any atom is -0.492 e. The summed E-state index contributed by atoms with van der Waals surface area (Å²) in [5.74, 6) is 0.879. The minimum absolute atomic E-state index is 0.680. The summed E-state index contributed by atoms with van der Waals surface area (Å²) in [6, 6.07) is 37.8. The van der Waals surface area contributed by atoms with Crippen LogP contribution < -0.4 is 4.74 Å². The van der Waals surface area contributed by atoms with Crippen LogP contribution in [0.3, 0.4) is 0 Å². The molecule has 36 heavy (non-hydrogen) atoms. The largest absolute Gasteiger partial charge is 0.492 e. The van der Waals surface area contributed by atoms with Gasteiger partial charge in [0, 0.05) is 23.6 Å². The van der Waals surface area contributed by atoms with Gasteiger partial charge in [-0.2, -0.15) is 0 Å². The summed E-state index contributed by atoms with van der Waals surface area (Å²) in [6.45, 7) is 8.04. The van der Waals surface area contributed by atoms with Gasteiger partial charge in [-0.3, -0.25) is 0 Å². The van der Waals surface area contributed by atoms with E-state index in [0.717, 1.165) is 47.1 Å². The second-order valence-corrected chi connectivity index (χ2v) is 9.24. The van der Waals surface area contributed by atoms with Crippen molar-refractivity contribution >= 4 is 17.2 Å². The van der Waals surface area contributed by atoms with Gasteiger partial charge in [0.25, 0.3) is 0 Å². The van der Waals surface area contributed by atoms with E-state index in [0.29, 0.717) is 13.0 Å². The quantitative estimate of drug-likeness (QED) is 0.207. The van der Waals surface area contributed by atoms with E-state index < -0.39 is 0 Å². The minimum atomic E-state index is 0.680. The number of benzene rings is 4. The lowest BCUT2D eigenvalue weighted by molar-refractivity contribution is 0.223. The summed E-state index contributed by atoms with van der Waals surface area (Å²) in [5, 5.41) is 0.823. The number of rotatable bonds is 11. The second kappa shape index (κ2) is 13.1. The fourth-order valence-corrected chi connectivity index (χ4v) is 4.73. The molecule has 0 aliphatic rings. The van der Waals surface area contributed by atoms with Gasteiger partial charge in [-0.05, 0) is 53.0 Å². The van der Waals surface area contributed by atoms with E-state index in [1.807, 2.05) is 24.3 Å². The van der Waals surface area contributed by atoms with Gasteiger partial charge >= 0.3 is 0 Å². The Morgan fingerprint density at radius 1 is 0.667 bits per heavy atom. The molecule has 4 aromatic carbocycles. The fourth-order valence-electron chi connectivity index (χ4n) is 4.35. The third-order valence-corrected chi connectivity index (χ3v) is 6.79. The van der Waals surface area contributed by atoms with Crippen LogP contribution in [0.25, 0.3) is 16.7 Å². The molecule has 0 heterocycles. The molecule has 4 aromatic rings. The predicted octanol–water partition coefficient (Wildman–Crippen LogP) is 8.32. The van der Waals surface area contributed by atoms with E-state index in [9.17, 15) is 0 Å². The maximum atomic E-state index is 7.04. The molecular formula is C33H34ClNO. The lowest BCUT2D eigenvalue weighted by atomic mass is 9.94. The Labute approximate surface area is 220 Å². The molecule has 0 aliphatic carbocycles. The molecule has 0 N–H and O–H groups in total. The molecule has 0 saturated carbocycles. The van der Waals surface area contributed by atoms with Gasteiger partial charge in [0.05, 0.1) is 0 Å². The van der Waals surface area contributed by atoms with Gasteiger partial charge in [-0.15, -0.1) is 0 Å². The standard InChI is InChI=1S/C33H34ClNO/c1-3-35(4-2)23-24-36-31-21-19-30(20-22-31)33(32(34)25-26-11-7-5-8-12-26)29-17-15-28(16-18-29)27-13-9-6-10-14-27/h5-22H,3-4,23-25H2,1-2H3/b33-32+. The van der Waals surface area contributed by atoms with Crippen LogP contribution in [-0.2, 0) is 6.42 Å². The number of halogens is 1. The normalized spacial score (nSPS) is 11.9. The van der Waals surface area contributed by atoms with E-state index in [-0.39, 0.29) is 0 Å². The number of ether oxygens (including phenoxy) is 1. The van der Waals surface area contributed by atoms with Crippen molar-refractivity contribution in [3.8, 4) is 16.9 Å². The zero-order chi connectivity index (χ0) is 25.2. The van der Waals surface area contributed by atoms with Crippen molar-refractivity contribution in [1.29, 1.82) is 0 Å². The summed E-state index contributed by atoms with van der Waals surface area (Å²) in [4.78, 5) is 2.36. The van der Waals surface area contributed by atoms with Crippen LogP contribution in [0.4, 0.5) is 0 Å². The van der Waals surface area contributed by atoms with Crippen molar-refractivity contribution in [3.63, 3.8) is 0 Å². The van der Waals surface area contributed by atoms with E-state index in [2.05, 4.69) is 104 Å². The Kier molecular flexibility index (Phi) is 9.38. The molecule has 184 valence electrons. The van der Waals surface area contributed by atoms with Crippen molar-refractivity contribution < 1.29 is 4.74 Å². The monoisotopic (exact) mass is 495 g/mol. The van der Waals surface area contributed by atoms with E-state index >= 15 is 0 Å². The highest BCUT2D eigenvalue weighted by Gasteiger charge is 2.13. The number of hydrogen-bond acceptors (Lipinski definition) is 2. The SMILES string of the molecule is CCN(CC)CCOc1ccc(/C(=C(/Cl)Cc2ccccc2)c2ccc(-c3ccccc3)cc2)cc1. The molecule has 0 aromatic heterocycles. The molecule has 0 spiro atoms. The first-order valence-electron chi connectivity index (χ1n) is 12.7. The van der Waals surface area contributed by atoms with Gasteiger partial charge in [0.2, 0.25) is 0 Å². The van der Waals surface area contributed by atoms with Crippen molar-refractivity contribution in [2.45, 2.75) is 20.3 Å². The van der Waals surface area contributed by atoms with Crippen LogP contribution >= 0.6 is 11.6 Å². The maximum Gasteiger partial charge on any atom is 0.119 e. The predicted molar refractivity (Wildman–Crippen MR) is 154 cm³/mol. The molecule has 0 fully saturated rings. The van der Waals surface area contributed by atoms with Crippen molar-refractivity contribution in [1.82, 2.24) is 4.90 Å². The first-order valence-corrected chi connectivity index (χ1v) is 13.1. The lowest BCUT2D eigenvalue weighted by Crippen LogP contribution is -2.27. The smallest absolute Gasteiger partial charge is 0.119 e. The lowest BCUT2D eigenvalue weighted by Gasteiger charge is -2.18. The summed E-state index contributed by atoms with van der Waals surface area (Å²) in [5.41, 5.74) is 6.82. The molecule has 4 rings (SSSR count). The molecule has 3 heteroatoms. The van der Waals surface area contributed by atoms with E-state index in [4.69, 9.17) is 16.3 Å². The third kappa shape index (κ3) is 6.87. The average molecular weight is 496 g/mol. The molecule has 2 nitrogen and oxygen atoms in total. The van der Waals surface area contributed by atoms with Gasteiger partial charge in [0.15, 0.2) is 0 Å². The van der Waals surface area contributed by atoms with Gasteiger partial charge in [-0.1, -0.05) is 123 Å². The third-order valence-electron chi connectivity index (χ3n) is 6.47. The number of hydrogen-bond donors (Lipinski definition) is 0. The van der Waals surface area contributed by atoms with E-state index in [1.165, 1.54) is 16.7 Å². The van der Waals surface area contributed by atoms with Crippen LogP contribution in [0.15, 0.2) is 114 Å². The van der Waals surface area contributed by atoms with Crippen LogP contribution in [-0.4, -0.2) is 31.1 Å². The average Bonchev–Trinajstić information content (AvgIpc) is 2.93. The van der Waals surface area contributed by atoms with Crippen molar-refractivity contribution in [2.24, 2.45) is 0 Å². The first-order chi connectivity index (χ1) is 17.7. The van der Waals surface area contributed by atoms with Crippen LogP contribution in [0, 0.1) is 0 Å². The molecule has 0 unspecified atom stereocenters. The highest BCUT2D eigenvalue weighted by Crippen LogP contribution is 2.33. The Hall–Kier alpha value is -3.33. The zero-order valence-corrected chi connectivity index (χ0v) is 21.9. The molecule has 0 saturated heterocycles. The highest BCUT2D eigenvalue weighted by atomic mass is 35.5. The van der Waals surface area contributed by atoms with Gasteiger partial charge in [-0.25, -0.2) is 0 Å².